The van der Waals surface area contributed by atoms with Crippen molar-refractivity contribution in [3.63, 3.8) is 0 Å². The highest BCUT2D eigenvalue weighted by molar-refractivity contribution is 5.91. The van der Waals surface area contributed by atoms with Crippen LogP contribution in [0.3, 0.4) is 0 Å². The quantitative estimate of drug-likeness (QED) is 0.820. The van der Waals surface area contributed by atoms with E-state index in [1.54, 1.807) is 6.20 Å². The number of nitrogen functional groups attached to an aromatic ring is 1. The number of fused-ring (bicyclic) bond motifs is 1. The molecule has 1 aromatic carbocycles. The summed E-state index contributed by atoms with van der Waals surface area (Å²) in [5.74, 6) is 1.30. The van der Waals surface area contributed by atoms with Crippen molar-refractivity contribution < 1.29 is 0 Å². The number of nitrogens with two attached hydrogens (primary N) is 1. The van der Waals surface area contributed by atoms with E-state index in [9.17, 15) is 0 Å². The van der Waals surface area contributed by atoms with E-state index >= 15 is 0 Å². The third-order valence-corrected chi connectivity index (χ3v) is 3.63. The predicted octanol–water partition coefficient (Wildman–Crippen LogP) is 4.34. The molecule has 3 nitrogen and oxygen atoms in total. The van der Waals surface area contributed by atoms with Gasteiger partial charge in [0.2, 0.25) is 0 Å². The summed E-state index contributed by atoms with van der Waals surface area (Å²) in [6, 6.07) is 8.62. The molecule has 1 saturated heterocycles. The second-order valence-electron chi connectivity index (χ2n) is 4.70. The molecule has 0 aliphatic carbocycles. The first kappa shape index (κ1) is 17.4. The molecule has 2 heterocycles. The number of nitrogens with zero attached hydrogens (tertiary/aromatic N) is 1. The Kier molecular flexibility index (Phi) is 7.76. The maximum Gasteiger partial charge on any atom is 0.131 e. The maximum absolute atomic E-state index is 5.93. The Bertz CT molecular complexity index is 531. The van der Waals surface area contributed by atoms with Gasteiger partial charge < -0.3 is 11.1 Å². The topological polar surface area (TPSA) is 50.9 Å². The minimum Gasteiger partial charge on any atom is -0.383 e. The van der Waals surface area contributed by atoms with E-state index in [1.807, 2.05) is 33.8 Å². The molecule has 0 amide bonds. The van der Waals surface area contributed by atoms with Crippen LogP contribution in [-0.4, -0.2) is 18.1 Å². The molecule has 1 aliphatic heterocycles. The van der Waals surface area contributed by atoms with Gasteiger partial charge in [0, 0.05) is 11.6 Å². The zero-order chi connectivity index (χ0) is 15.7. The summed E-state index contributed by atoms with van der Waals surface area (Å²) < 4.78 is 0. The highest BCUT2D eigenvalue weighted by atomic mass is 14.9. The molecule has 0 radical (unpaired) electrons. The average molecular weight is 287 g/mol. The zero-order valence-electron chi connectivity index (χ0n) is 13.8. The van der Waals surface area contributed by atoms with Crippen LogP contribution in [0, 0.1) is 0 Å². The van der Waals surface area contributed by atoms with E-state index in [4.69, 9.17) is 5.73 Å². The summed E-state index contributed by atoms with van der Waals surface area (Å²) >= 11 is 0. The SMILES string of the molecule is CC.CC.Nc1nccc2ccc(C3CCNCC3)cc12. The lowest BCUT2D eigenvalue weighted by molar-refractivity contribution is 0.460. The van der Waals surface area contributed by atoms with Crippen molar-refractivity contribution in [2.75, 3.05) is 18.8 Å². The number of aromatic nitrogens is 1. The highest BCUT2D eigenvalue weighted by Gasteiger charge is 2.15. The summed E-state index contributed by atoms with van der Waals surface area (Å²) in [5, 5.41) is 5.66. The van der Waals surface area contributed by atoms with Gasteiger partial charge >= 0.3 is 0 Å². The second-order valence-corrected chi connectivity index (χ2v) is 4.70. The molecule has 116 valence electrons. The number of benzene rings is 1. The van der Waals surface area contributed by atoms with Crippen molar-refractivity contribution in [2.24, 2.45) is 0 Å². The van der Waals surface area contributed by atoms with Crippen LogP contribution in [0.1, 0.15) is 52.0 Å². The van der Waals surface area contributed by atoms with Crippen molar-refractivity contribution in [1.82, 2.24) is 10.3 Å². The first-order valence-electron chi connectivity index (χ1n) is 8.19. The Morgan fingerprint density at radius 1 is 1.05 bits per heavy atom. The molecule has 0 saturated carbocycles. The van der Waals surface area contributed by atoms with E-state index in [2.05, 4.69) is 28.5 Å². The summed E-state index contributed by atoms with van der Waals surface area (Å²) in [7, 11) is 0. The number of anilines is 1. The summed E-state index contributed by atoms with van der Waals surface area (Å²) in [4.78, 5) is 4.16. The van der Waals surface area contributed by atoms with Crippen LogP contribution in [0.4, 0.5) is 5.82 Å². The molecule has 3 N–H and O–H groups in total. The van der Waals surface area contributed by atoms with E-state index in [0.717, 1.165) is 18.5 Å². The normalized spacial score (nSPS) is 14.7. The standard InChI is InChI=1S/C14H17N3.2C2H6/c15-14-13-9-12(10-3-6-16-7-4-10)2-1-11(13)5-8-17-14;2*1-2/h1-2,5,8-10,16H,3-4,6-7H2,(H2,15,17);2*1-2H3. The van der Waals surface area contributed by atoms with Gasteiger partial charge in [0.25, 0.3) is 0 Å². The van der Waals surface area contributed by atoms with E-state index < -0.39 is 0 Å². The van der Waals surface area contributed by atoms with Crippen LogP contribution >= 0.6 is 0 Å². The van der Waals surface area contributed by atoms with Gasteiger partial charge in [-0.2, -0.15) is 0 Å². The van der Waals surface area contributed by atoms with Crippen LogP contribution in [0.5, 0.6) is 0 Å². The molecule has 21 heavy (non-hydrogen) atoms. The lowest BCUT2D eigenvalue weighted by Gasteiger charge is -2.23. The Morgan fingerprint density at radius 2 is 1.71 bits per heavy atom. The van der Waals surface area contributed by atoms with Gasteiger partial charge in [-0.05, 0) is 54.9 Å². The van der Waals surface area contributed by atoms with Gasteiger partial charge in [-0.3, -0.25) is 0 Å². The molecule has 0 unspecified atom stereocenters. The Hall–Kier alpha value is -1.61. The fourth-order valence-corrected chi connectivity index (χ4v) is 2.62. The average Bonchev–Trinajstić information content (AvgIpc) is 2.59. The molecule has 1 aromatic heterocycles. The largest absolute Gasteiger partial charge is 0.383 e. The van der Waals surface area contributed by atoms with Crippen LogP contribution < -0.4 is 11.1 Å². The van der Waals surface area contributed by atoms with Gasteiger partial charge in [-0.15, -0.1) is 0 Å². The number of pyridine rings is 1. The maximum atomic E-state index is 5.93. The van der Waals surface area contributed by atoms with Gasteiger partial charge in [0.1, 0.15) is 5.82 Å². The van der Waals surface area contributed by atoms with E-state index in [-0.39, 0.29) is 0 Å². The van der Waals surface area contributed by atoms with Crippen molar-refractivity contribution in [3.8, 4) is 0 Å². The lowest BCUT2D eigenvalue weighted by atomic mass is 9.89. The fourth-order valence-electron chi connectivity index (χ4n) is 2.62. The molecule has 0 atom stereocenters. The van der Waals surface area contributed by atoms with E-state index in [1.165, 1.54) is 23.8 Å². The smallest absolute Gasteiger partial charge is 0.131 e. The molecule has 0 spiro atoms. The minimum atomic E-state index is 0.637. The molecule has 0 bridgehead atoms. The summed E-state index contributed by atoms with van der Waals surface area (Å²) in [6.07, 6.45) is 4.19. The highest BCUT2D eigenvalue weighted by Crippen LogP contribution is 2.29. The van der Waals surface area contributed by atoms with Gasteiger partial charge in [-0.1, -0.05) is 39.8 Å². The van der Waals surface area contributed by atoms with Crippen molar-refractivity contribution in [1.29, 1.82) is 0 Å². The zero-order valence-corrected chi connectivity index (χ0v) is 13.8. The number of rotatable bonds is 1. The number of hydrogen-bond donors (Lipinski definition) is 2. The third-order valence-electron chi connectivity index (χ3n) is 3.63. The Balaban J connectivity index is 0.000000510. The fraction of sp³-hybridized carbons (Fsp3) is 0.500. The molecule has 3 heteroatoms. The molecular formula is C18H29N3. The molecular weight excluding hydrogens is 258 g/mol. The van der Waals surface area contributed by atoms with Crippen LogP contribution in [-0.2, 0) is 0 Å². The summed E-state index contributed by atoms with van der Waals surface area (Å²) in [5.41, 5.74) is 7.33. The van der Waals surface area contributed by atoms with Crippen LogP contribution in [0.15, 0.2) is 30.5 Å². The second kappa shape index (κ2) is 9.35. The van der Waals surface area contributed by atoms with Crippen LogP contribution in [0.25, 0.3) is 10.8 Å². The van der Waals surface area contributed by atoms with Gasteiger partial charge in [0.15, 0.2) is 0 Å². The summed E-state index contributed by atoms with van der Waals surface area (Å²) in [6.45, 7) is 10.2. The minimum absolute atomic E-state index is 0.637. The van der Waals surface area contributed by atoms with Crippen molar-refractivity contribution in [2.45, 2.75) is 46.5 Å². The third kappa shape index (κ3) is 4.43. The lowest BCUT2D eigenvalue weighted by Crippen LogP contribution is -2.26. The van der Waals surface area contributed by atoms with Crippen molar-refractivity contribution >= 4 is 16.6 Å². The number of hydrogen-bond acceptors (Lipinski definition) is 3. The monoisotopic (exact) mass is 287 g/mol. The molecule has 1 fully saturated rings. The van der Waals surface area contributed by atoms with Gasteiger partial charge in [-0.25, -0.2) is 4.98 Å². The van der Waals surface area contributed by atoms with Crippen molar-refractivity contribution in [3.05, 3.63) is 36.0 Å². The van der Waals surface area contributed by atoms with E-state index in [0.29, 0.717) is 11.7 Å². The number of piperidine rings is 1. The van der Waals surface area contributed by atoms with Gasteiger partial charge in [0.05, 0.1) is 0 Å². The first-order valence-corrected chi connectivity index (χ1v) is 8.19. The number of nitrogens with one attached hydrogen (secondary N) is 1. The molecule has 3 rings (SSSR count). The predicted molar refractivity (Wildman–Crippen MR) is 93.7 cm³/mol. The molecule has 1 aliphatic rings. The first-order chi connectivity index (χ1) is 10.3. The Labute approximate surface area is 129 Å². The Morgan fingerprint density at radius 3 is 2.38 bits per heavy atom. The molecule has 2 aromatic rings. The van der Waals surface area contributed by atoms with Crippen LogP contribution in [0.2, 0.25) is 0 Å².